The average molecular weight is 275 g/mol. The van der Waals surface area contributed by atoms with Crippen LogP contribution in [-0.4, -0.2) is 17.6 Å². The quantitative estimate of drug-likeness (QED) is 0.898. The molecule has 3 nitrogen and oxygen atoms in total. The Bertz CT molecular complexity index is 405. The first-order chi connectivity index (χ1) is 8.02. The van der Waals surface area contributed by atoms with Crippen LogP contribution in [0.25, 0.3) is 0 Å². The molecule has 5 heteroatoms. The van der Waals surface area contributed by atoms with Crippen LogP contribution in [0, 0.1) is 6.92 Å². The fourth-order valence-electron chi connectivity index (χ4n) is 1.36. The molecule has 0 aliphatic rings. The number of rotatable bonds is 5. The van der Waals surface area contributed by atoms with Gasteiger partial charge in [-0.1, -0.05) is 23.2 Å². The third kappa shape index (κ3) is 4.94. The van der Waals surface area contributed by atoms with Gasteiger partial charge in [0.1, 0.15) is 12.4 Å². The summed E-state index contributed by atoms with van der Waals surface area (Å²) < 4.78 is 5.54. The number of aryl methyl sites for hydroxylation is 1. The van der Waals surface area contributed by atoms with Crippen molar-refractivity contribution in [3.05, 3.63) is 34.1 Å². The minimum Gasteiger partial charge on any atom is -0.486 e. The lowest BCUT2D eigenvalue weighted by Crippen LogP contribution is -2.19. The number of aromatic nitrogens is 1. The van der Waals surface area contributed by atoms with Gasteiger partial charge >= 0.3 is 0 Å². The van der Waals surface area contributed by atoms with Crippen LogP contribution in [0.2, 0.25) is 0 Å². The monoisotopic (exact) mass is 274 g/mol. The maximum atomic E-state index is 5.77. The lowest BCUT2D eigenvalue weighted by Gasteiger charge is -2.12. The number of nitrogens with two attached hydrogens (primary N) is 1. The highest BCUT2D eigenvalue weighted by Gasteiger charge is 2.08. The SMILES string of the molecule is Cc1ccc(OCC(Cl)=CCl)c(CC(C)N)n1. The van der Waals surface area contributed by atoms with E-state index >= 15 is 0 Å². The molecule has 94 valence electrons. The van der Waals surface area contributed by atoms with Gasteiger partial charge in [-0.3, -0.25) is 4.98 Å². The molecule has 0 aliphatic heterocycles. The Morgan fingerprint density at radius 1 is 1.59 bits per heavy atom. The van der Waals surface area contributed by atoms with Crippen LogP contribution in [0.15, 0.2) is 22.7 Å². The van der Waals surface area contributed by atoms with E-state index in [1.54, 1.807) is 0 Å². The van der Waals surface area contributed by atoms with Crippen LogP contribution in [0.4, 0.5) is 0 Å². The van der Waals surface area contributed by atoms with Crippen molar-refractivity contribution in [2.24, 2.45) is 5.73 Å². The third-order valence-corrected chi connectivity index (χ3v) is 2.66. The molecular formula is C12H16Cl2N2O. The lowest BCUT2D eigenvalue weighted by atomic mass is 10.1. The fourth-order valence-corrected chi connectivity index (χ4v) is 1.48. The molecule has 17 heavy (non-hydrogen) atoms. The van der Waals surface area contributed by atoms with Crippen molar-refractivity contribution in [3.63, 3.8) is 0 Å². The summed E-state index contributed by atoms with van der Waals surface area (Å²) in [5.41, 5.74) is 8.84. The summed E-state index contributed by atoms with van der Waals surface area (Å²) in [5.74, 6) is 0.699. The molecule has 0 saturated carbocycles. The molecule has 1 atom stereocenters. The average Bonchev–Trinajstić information content (AvgIpc) is 2.26. The molecular weight excluding hydrogens is 259 g/mol. The first-order valence-corrected chi connectivity index (χ1v) is 6.14. The van der Waals surface area contributed by atoms with Gasteiger partial charge in [0.2, 0.25) is 0 Å². The van der Waals surface area contributed by atoms with Gasteiger partial charge in [-0.2, -0.15) is 0 Å². The molecule has 1 unspecified atom stereocenters. The van der Waals surface area contributed by atoms with Crippen molar-refractivity contribution in [1.29, 1.82) is 0 Å². The summed E-state index contributed by atoms with van der Waals surface area (Å²) in [7, 11) is 0. The van der Waals surface area contributed by atoms with Crippen LogP contribution in [0.3, 0.4) is 0 Å². The second kappa shape index (κ2) is 6.84. The molecule has 0 spiro atoms. The first-order valence-electron chi connectivity index (χ1n) is 5.32. The van der Waals surface area contributed by atoms with Gasteiger partial charge in [-0.25, -0.2) is 0 Å². The highest BCUT2D eigenvalue weighted by molar-refractivity contribution is 6.36. The summed E-state index contributed by atoms with van der Waals surface area (Å²) in [6.45, 7) is 4.10. The second-order valence-electron chi connectivity index (χ2n) is 3.92. The van der Waals surface area contributed by atoms with Gasteiger partial charge in [-0.15, -0.1) is 0 Å². The molecule has 1 heterocycles. The van der Waals surface area contributed by atoms with Crippen LogP contribution >= 0.6 is 23.2 Å². The van der Waals surface area contributed by atoms with Crippen LogP contribution in [0.1, 0.15) is 18.3 Å². The Morgan fingerprint density at radius 3 is 2.88 bits per heavy atom. The zero-order valence-corrected chi connectivity index (χ0v) is 11.4. The van der Waals surface area contributed by atoms with Gasteiger partial charge in [0.25, 0.3) is 0 Å². The fraction of sp³-hybridized carbons (Fsp3) is 0.417. The maximum Gasteiger partial charge on any atom is 0.141 e. The zero-order chi connectivity index (χ0) is 12.8. The standard InChI is InChI=1S/C12H16Cl2N2O/c1-8(15)5-11-12(4-3-9(2)16-11)17-7-10(14)6-13/h3-4,6,8H,5,7,15H2,1-2H3. The highest BCUT2D eigenvalue weighted by Crippen LogP contribution is 2.19. The van der Waals surface area contributed by atoms with Crippen LogP contribution in [0.5, 0.6) is 5.75 Å². The molecule has 2 N–H and O–H groups in total. The van der Waals surface area contributed by atoms with Crippen molar-refractivity contribution >= 4 is 23.2 Å². The summed E-state index contributed by atoms with van der Waals surface area (Å²) in [4.78, 5) is 4.42. The Labute approximate surface area is 112 Å². The third-order valence-electron chi connectivity index (χ3n) is 2.07. The predicted molar refractivity (Wildman–Crippen MR) is 71.6 cm³/mol. The summed E-state index contributed by atoms with van der Waals surface area (Å²) in [6.07, 6.45) is 0.666. The van der Waals surface area contributed by atoms with E-state index < -0.39 is 0 Å². The molecule has 1 rings (SSSR count). The second-order valence-corrected chi connectivity index (χ2v) is 4.63. The van der Waals surface area contributed by atoms with Crippen molar-refractivity contribution in [2.45, 2.75) is 26.3 Å². The molecule has 1 aromatic rings. The first kappa shape index (κ1) is 14.3. The van der Waals surface area contributed by atoms with Crippen LogP contribution < -0.4 is 10.5 Å². The Kier molecular flexibility index (Phi) is 5.75. The van der Waals surface area contributed by atoms with E-state index in [4.69, 9.17) is 33.7 Å². The van der Waals surface area contributed by atoms with E-state index in [0.29, 0.717) is 17.2 Å². The van der Waals surface area contributed by atoms with E-state index in [1.807, 2.05) is 26.0 Å². The minimum atomic E-state index is 0.0330. The van der Waals surface area contributed by atoms with Crippen molar-refractivity contribution in [3.8, 4) is 5.75 Å². The van der Waals surface area contributed by atoms with Gasteiger partial charge in [0.15, 0.2) is 0 Å². The largest absolute Gasteiger partial charge is 0.486 e. The van der Waals surface area contributed by atoms with E-state index in [0.717, 1.165) is 11.4 Å². The van der Waals surface area contributed by atoms with Crippen molar-refractivity contribution < 1.29 is 4.74 Å². The van der Waals surface area contributed by atoms with Gasteiger partial charge < -0.3 is 10.5 Å². The Hall–Kier alpha value is -0.770. The summed E-state index contributed by atoms with van der Waals surface area (Å²) in [5, 5.41) is 0.444. The van der Waals surface area contributed by atoms with Crippen LogP contribution in [-0.2, 0) is 6.42 Å². The molecule has 0 bridgehead atoms. The molecule has 0 aromatic carbocycles. The Morgan fingerprint density at radius 2 is 2.29 bits per heavy atom. The smallest absolute Gasteiger partial charge is 0.141 e. The topological polar surface area (TPSA) is 48.1 Å². The number of nitrogens with zero attached hydrogens (tertiary/aromatic N) is 1. The molecule has 0 saturated heterocycles. The minimum absolute atomic E-state index is 0.0330. The Balaban J connectivity index is 2.82. The predicted octanol–water partition coefficient (Wildman–Crippen LogP) is 2.98. The number of halogens is 2. The van der Waals surface area contributed by atoms with Gasteiger partial charge in [-0.05, 0) is 26.0 Å². The maximum absolute atomic E-state index is 5.77. The van der Waals surface area contributed by atoms with E-state index in [2.05, 4.69) is 4.98 Å². The van der Waals surface area contributed by atoms with Crippen molar-refractivity contribution in [2.75, 3.05) is 6.61 Å². The van der Waals surface area contributed by atoms with Gasteiger partial charge in [0, 0.05) is 23.7 Å². The van der Waals surface area contributed by atoms with Crippen molar-refractivity contribution in [1.82, 2.24) is 4.98 Å². The highest BCUT2D eigenvalue weighted by atomic mass is 35.5. The van der Waals surface area contributed by atoms with E-state index in [9.17, 15) is 0 Å². The summed E-state index contributed by atoms with van der Waals surface area (Å²) in [6, 6.07) is 3.79. The molecule has 1 aromatic heterocycles. The molecule has 0 amide bonds. The van der Waals surface area contributed by atoms with E-state index in [1.165, 1.54) is 5.54 Å². The zero-order valence-electron chi connectivity index (χ0n) is 9.91. The lowest BCUT2D eigenvalue weighted by molar-refractivity contribution is 0.352. The summed E-state index contributed by atoms with van der Waals surface area (Å²) >= 11 is 11.2. The number of ether oxygens (including phenoxy) is 1. The molecule has 0 fully saturated rings. The number of hydrogen-bond donors (Lipinski definition) is 1. The normalized spacial score (nSPS) is 13.6. The van der Waals surface area contributed by atoms with E-state index in [-0.39, 0.29) is 12.6 Å². The van der Waals surface area contributed by atoms with Gasteiger partial charge in [0.05, 0.1) is 10.7 Å². The molecule has 0 aliphatic carbocycles. The molecule has 0 radical (unpaired) electrons. The number of hydrogen-bond acceptors (Lipinski definition) is 3. The number of pyridine rings is 1.